The number of carboxylic acid groups (broad SMARTS) is 1. The van der Waals surface area contributed by atoms with E-state index in [2.05, 4.69) is 0 Å². The average Bonchev–Trinajstić information content (AvgIpc) is 2.20. The van der Waals surface area contributed by atoms with Crippen molar-refractivity contribution < 1.29 is 24.1 Å². The second-order valence-electron chi connectivity index (χ2n) is 2.83. The molecule has 0 bridgehead atoms. The summed E-state index contributed by atoms with van der Waals surface area (Å²) in [4.78, 5) is 10.8. The number of hydrogen-bond acceptors (Lipinski definition) is 3. The molecule has 0 aliphatic rings. The fourth-order valence-electron chi connectivity index (χ4n) is 1.15. The molecule has 2 N–H and O–H groups in total. The SMILES string of the molecule is O=C(O)C(OCCO)c1ccccc1F. The highest BCUT2D eigenvalue weighted by atomic mass is 19.1. The molecule has 0 aromatic heterocycles. The zero-order valence-electron chi connectivity index (χ0n) is 7.89. The van der Waals surface area contributed by atoms with E-state index in [9.17, 15) is 9.18 Å². The lowest BCUT2D eigenvalue weighted by atomic mass is 10.1. The average molecular weight is 214 g/mol. The Morgan fingerprint density at radius 3 is 2.67 bits per heavy atom. The fraction of sp³-hybridized carbons (Fsp3) is 0.300. The summed E-state index contributed by atoms with van der Waals surface area (Å²) in [6.45, 7) is -0.455. The Hall–Kier alpha value is -1.46. The van der Waals surface area contributed by atoms with Gasteiger partial charge in [-0.15, -0.1) is 0 Å². The van der Waals surface area contributed by atoms with Gasteiger partial charge in [0.2, 0.25) is 0 Å². The molecule has 0 aliphatic heterocycles. The van der Waals surface area contributed by atoms with Gasteiger partial charge in [0.25, 0.3) is 0 Å². The quantitative estimate of drug-likeness (QED) is 0.766. The predicted molar refractivity (Wildman–Crippen MR) is 49.8 cm³/mol. The predicted octanol–water partition coefficient (Wildman–Crippen LogP) is 0.960. The van der Waals surface area contributed by atoms with Crippen LogP contribution in [0, 0.1) is 5.82 Å². The van der Waals surface area contributed by atoms with Crippen molar-refractivity contribution in [3.05, 3.63) is 35.6 Å². The summed E-state index contributed by atoms with van der Waals surface area (Å²) in [6.07, 6.45) is -1.38. The first kappa shape index (κ1) is 11.6. The van der Waals surface area contributed by atoms with Crippen molar-refractivity contribution in [2.75, 3.05) is 13.2 Å². The van der Waals surface area contributed by atoms with Crippen LogP contribution in [-0.2, 0) is 9.53 Å². The molecule has 5 heteroatoms. The van der Waals surface area contributed by atoms with Crippen LogP contribution >= 0.6 is 0 Å². The summed E-state index contributed by atoms with van der Waals surface area (Å²) in [5, 5.41) is 17.3. The molecular weight excluding hydrogens is 203 g/mol. The van der Waals surface area contributed by atoms with E-state index < -0.39 is 17.9 Å². The number of hydrogen-bond donors (Lipinski definition) is 2. The molecule has 1 unspecified atom stereocenters. The standard InChI is InChI=1S/C10H11FO4/c11-8-4-2-1-3-7(8)9(10(13)14)15-6-5-12/h1-4,9,12H,5-6H2,(H,13,14). The maximum Gasteiger partial charge on any atom is 0.337 e. The number of halogens is 1. The van der Waals surface area contributed by atoms with Crippen molar-refractivity contribution in [1.29, 1.82) is 0 Å². The highest BCUT2D eigenvalue weighted by Crippen LogP contribution is 2.20. The lowest BCUT2D eigenvalue weighted by Gasteiger charge is -2.13. The van der Waals surface area contributed by atoms with Gasteiger partial charge in [-0.25, -0.2) is 9.18 Å². The lowest BCUT2D eigenvalue weighted by molar-refractivity contribution is -0.151. The molecule has 15 heavy (non-hydrogen) atoms. The van der Waals surface area contributed by atoms with Gasteiger partial charge in [0.15, 0.2) is 6.10 Å². The van der Waals surface area contributed by atoms with Gasteiger partial charge in [-0.1, -0.05) is 18.2 Å². The van der Waals surface area contributed by atoms with Crippen LogP contribution in [0.2, 0.25) is 0 Å². The summed E-state index contributed by atoms with van der Waals surface area (Å²) in [5.74, 6) is -1.92. The molecule has 1 rings (SSSR count). The van der Waals surface area contributed by atoms with Gasteiger partial charge in [-0.2, -0.15) is 0 Å². The number of aliphatic carboxylic acids is 1. The Kier molecular flexibility index (Phi) is 4.20. The first-order valence-corrected chi connectivity index (χ1v) is 4.36. The maximum atomic E-state index is 13.2. The summed E-state index contributed by atoms with van der Waals surface area (Å²) in [5.41, 5.74) is -0.0431. The minimum atomic E-state index is -1.38. The number of rotatable bonds is 5. The third-order valence-corrected chi connectivity index (χ3v) is 1.79. The molecular formula is C10H11FO4. The third kappa shape index (κ3) is 3.00. The van der Waals surface area contributed by atoms with Crippen LogP contribution < -0.4 is 0 Å². The van der Waals surface area contributed by atoms with Crippen molar-refractivity contribution in [3.63, 3.8) is 0 Å². The van der Waals surface area contributed by atoms with Gasteiger partial charge < -0.3 is 14.9 Å². The number of aliphatic hydroxyl groups is 1. The molecule has 0 saturated carbocycles. The monoisotopic (exact) mass is 214 g/mol. The molecule has 0 heterocycles. The number of carboxylic acids is 1. The summed E-state index contributed by atoms with van der Waals surface area (Å²) in [6, 6.07) is 5.49. The molecule has 1 atom stereocenters. The van der Waals surface area contributed by atoms with Crippen LogP contribution in [-0.4, -0.2) is 29.4 Å². The topological polar surface area (TPSA) is 66.8 Å². The van der Waals surface area contributed by atoms with E-state index in [0.29, 0.717) is 0 Å². The molecule has 1 aromatic carbocycles. The van der Waals surface area contributed by atoms with E-state index in [0.717, 1.165) is 6.07 Å². The van der Waals surface area contributed by atoms with Gasteiger partial charge in [-0.3, -0.25) is 0 Å². The van der Waals surface area contributed by atoms with Crippen LogP contribution in [0.25, 0.3) is 0 Å². The molecule has 0 saturated heterocycles. The van der Waals surface area contributed by atoms with E-state index in [1.54, 1.807) is 0 Å². The largest absolute Gasteiger partial charge is 0.479 e. The fourth-order valence-corrected chi connectivity index (χ4v) is 1.15. The van der Waals surface area contributed by atoms with Crippen molar-refractivity contribution >= 4 is 5.97 Å². The highest BCUT2D eigenvalue weighted by Gasteiger charge is 2.23. The summed E-state index contributed by atoms with van der Waals surface area (Å²) >= 11 is 0. The minimum absolute atomic E-state index is 0.0431. The number of benzene rings is 1. The van der Waals surface area contributed by atoms with Gasteiger partial charge in [0.1, 0.15) is 5.82 Å². The Balaban J connectivity index is 2.89. The maximum absolute atomic E-state index is 13.2. The second kappa shape index (κ2) is 5.43. The van der Waals surface area contributed by atoms with E-state index in [4.69, 9.17) is 14.9 Å². The molecule has 0 spiro atoms. The van der Waals surface area contributed by atoms with Crippen LogP contribution in [0.15, 0.2) is 24.3 Å². The van der Waals surface area contributed by atoms with E-state index in [1.165, 1.54) is 18.2 Å². The molecule has 0 fully saturated rings. The van der Waals surface area contributed by atoms with Crippen LogP contribution in [0.5, 0.6) is 0 Å². The highest BCUT2D eigenvalue weighted by molar-refractivity contribution is 5.74. The first-order chi connectivity index (χ1) is 7.16. The van der Waals surface area contributed by atoms with Crippen LogP contribution in [0.3, 0.4) is 0 Å². The van der Waals surface area contributed by atoms with Crippen LogP contribution in [0.1, 0.15) is 11.7 Å². The van der Waals surface area contributed by atoms with Gasteiger partial charge >= 0.3 is 5.97 Å². The van der Waals surface area contributed by atoms with Crippen molar-refractivity contribution in [1.82, 2.24) is 0 Å². The van der Waals surface area contributed by atoms with E-state index in [-0.39, 0.29) is 18.8 Å². The number of ether oxygens (including phenoxy) is 1. The third-order valence-electron chi connectivity index (χ3n) is 1.79. The smallest absolute Gasteiger partial charge is 0.337 e. The molecule has 0 aliphatic carbocycles. The summed E-state index contributed by atoms with van der Waals surface area (Å²) < 4.78 is 18.1. The Morgan fingerprint density at radius 2 is 2.13 bits per heavy atom. The van der Waals surface area contributed by atoms with E-state index in [1.807, 2.05) is 0 Å². The second-order valence-corrected chi connectivity index (χ2v) is 2.83. The Morgan fingerprint density at radius 1 is 1.47 bits per heavy atom. The molecule has 1 aromatic rings. The Labute approximate surface area is 85.9 Å². The Bertz CT molecular complexity index is 340. The molecule has 0 amide bonds. The molecule has 0 radical (unpaired) electrons. The van der Waals surface area contributed by atoms with Gasteiger partial charge in [-0.05, 0) is 6.07 Å². The first-order valence-electron chi connectivity index (χ1n) is 4.36. The van der Waals surface area contributed by atoms with Crippen LogP contribution in [0.4, 0.5) is 4.39 Å². The lowest BCUT2D eigenvalue weighted by Crippen LogP contribution is -2.18. The summed E-state index contributed by atoms with van der Waals surface area (Å²) in [7, 11) is 0. The van der Waals surface area contributed by atoms with Crippen molar-refractivity contribution in [2.24, 2.45) is 0 Å². The zero-order valence-corrected chi connectivity index (χ0v) is 7.89. The zero-order chi connectivity index (χ0) is 11.3. The van der Waals surface area contributed by atoms with Gasteiger partial charge in [0, 0.05) is 5.56 Å². The number of aliphatic hydroxyl groups excluding tert-OH is 1. The normalized spacial score (nSPS) is 12.4. The van der Waals surface area contributed by atoms with E-state index >= 15 is 0 Å². The molecule has 82 valence electrons. The minimum Gasteiger partial charge on any atom is -0.479 e. The number of carbonyl (C=O) groups is 1. The molecule has 4 nitrogen and oxygen atoms in total. The van der Waals surface area contributed by atoms with Gasteiger partial charge in [0.05, 0.1) is 13.2 Å². The van der Waals surface area contributed by atoms with Crippen molar-refractivity contribution in [2.45, 2.75) is 6.10 Å². The van der Waals surface area contributed by atoms with Crippen molar-refractivity contribution in [3.8, 4) is 0 Å².